The minimum absolute atomic E-state index is 0.554. The number of benzene rings is 6. The van der Waals surface area contributed by atoms with Crippen LogP contribution in [0, 0.1) is 0 Å². The Morgan fingerprint density at radius 3 is 2.00 bits per heavy atom. The van der Waals surface area contributed by atoms with E-state index in [1.54, 1.807) is 0 Å². The van der Waals surface area contributed by atoms with Gasteiger partial charge in [0, 0.05) is 33.1 Å². The molecule has 0 radical (unpaired) electrons. The topological polar surface area (TPSA) is 40.8 Å². The van der Waals surface area contributed by atoms with Crippen LogP contribution in [-0.4, -0.2) is 9.97 Å². The fraction of sp³-hybridized carbons (Fsp3) is 0.0244. The molecule has 0 saturated carbocycles. The van der Waals surface area contributed by atoms with Crippen molar-refractivity contribution in [3.05, 3.63) is 163 Å². The second-order valence-electron chi connectivity index (χ2n) is 11.2. The SMILES string of the molecule is c1ccc(COc2ccc3[nH]c(-c4cccc(-c5ccc(-c6c(-c7ccccc7)[nH]c7ccccc67)cc5)c4)cc3c2)cc1. The normalized spacial score (nSPS) is 11.3. The quantitative estimate of drug-likeness (QED) is 0.198. The first-order valence-corrected chi connectivity index (χ1v) is 15.0. The van der Waals surface area contributed by atoms with E-state index in [4.69, 9.17) is 4.74 Å². The average molecular weight is 567 g/mol. The van der Waals surface area contributed by atoms with Gasteiger partial charge in [-0.15, -0.1) is 0 Å². The van der Waals surface area contributed by atoms with Crippen LogP contribution in [0.3, 0.4) is 0 Å². The Balaban J connectivity index is 1.08. The Bertz CT molecular complexity index is 2210. The monoisotopic (exact) mass is 566 g/mol. The van der Waals surface area contributed by atoms with E-state index >= 15 is 0 Å². The molecule has 0 amide bonds. The molecule has 3 heteroatoms. The van der Waals surface area contributed by atoms with Gasteiger partial charge in [-0.3, -0.25) is 0 Å². The molecule has 2 N–H and O–H groups in total. The van der Waals surface area contributed by atoms with Gasteiger partial charge in [-0.2, -0.15) is 0 Å². The van der Waals surface area contributed by atoms with Crippen molar-refractivity contribution in [1.82, 2.24) is 9.97 Å². The van der Waals surface area contributed by atoms with E-state index in [0.717, 1.165) is 44.7 Å². The minimum Gasteiger partial charge on any atom is -0.489 e. The summed E-state index contributed by atoms with van der Waals surface area (Å²) in [7, 11) is 0. The third kappa shape index (κ3) is 4.95. The smallest absolute Gasteiger partial charge is 0.120 e. The molecule has 0 unspecified atom stereocenters. The average Bonchev–Trinajstić information content (AvgIpc) is 3.70. The molecule has 0 spiro atoms. The number of rotatable bonds is 7. The van der Waals surface area contributed by atoms with E-state index in [2.05, 4.69) is 143 Å². The largest absolute Gasteiger partial charge is 0.489 e. The van der Waals surface area contributed by atoms with E-state index in [1.807, 2.05) is 24.3 Å². The second-order valence-corrected chi connectivity index (χ2v) is 11.2. The molecule has 2 aromatic heterocycles. The first-order valence-electron chi connectivity index (χ1n) is 15.0. The maximum absolute atomic E-state index is 6.07. The molecule has 0 bridgehead atoms. The van der Waals surface area contributed by atoms with Crippen LogP contribution in [0.25, 0.3) is 66.6 Å². The molecule has 8 aromatic rings. The molecular weight excluding hydrogens is 536 g/mol. The lowest BCUT2D eigenvalue weighted by Gasteiger charge is -2.09. The van der Waals surface area contributed by atoms with Crippen molar-refractivity contribution < 1.29 is 4.74 Å². The molecular formula is C41H30N2O. The van der Waals surface area contributed by atoms with Crippen LogP contribution in [-0.2, 0) is 6.61 Å². The standard InChI is InChI=1S/C41H30N2O/c1-3-10-28(11-4-1)27-44-35-22-23-37-34(25-35)26-39(42-37)33-15-9-14-32(24-33)29-18-20-30(21-19-29)40-36-16-7-8-17-38(36)43-41(40)31-12-5-2-6-13-31/h1-26,42-43H,27H2. The number of para-hydroxylation sites is 1. The molecule has 210 valence electrons. The summed E-state index contributed by atoms with van der Waals surface area (Å²) in [5.74, 6) is 0.867. The molecule has 8 rings (SSSR count). The number of ether oxygens (including phenoxy) is 1. The maximum atomic E-state index is 6.07. The third-order valence-corrected chi connectivity index (χ3v) is 8.29. The number of nitrogens with one attached hydrogen (secondary N) is 2. The fourth-order valence-electron chi connectivity index (χ4n) is 6.06. The van der Waals surface area contributed by atoms with E-state index < -0.39 is 0 Å². The summed E-state index contributed by atoms with van der Waals surface area (Å²) in [6, 6.07) is 55.5. The van der Waals surface area contributed by atoms with Gasteiger partial charge in [-0.05, 0) is 69.8 Å². The highest BCUT2D eigenvalue weighted by molar-refractivity contribution is 6.04. The molecule has 3 nitrogen and oxygen atoms in total. The van der Waals surface area contributed by atoms with Gasteiger partial charge in [-0.25, -0.2) is 0 Å². The summed E-state index contributed by atoms with van der Waals surface area (Å²) in [4.78, 5) is 7.27. The summed E-state index contributed by atoms with van der Waals surface area (Å²) in [6.45, 7) is 0.554. The lowest BCUT2D eigenvalue weighted by atomic mass is 9.95. The highest BCUT2D eigenvalue weighted by Crippen LogP contribution is 2.39. The Labute approximate surface area is 256 Å². The van der Waals surface area contributed by atoms with Gasteiger partial charge in [-0.1, -0.05) is 121 Å². The number of hydrogen-bond acceptors (Lipinski definition) is 1. The van der Waals surface area contributed by atoms with Crippen LogP contribution in [0.1, 0.15) is 5.56 Å². The summed E-state index contributed by atoms with van der Waals surface area (Å²) in [5.41, 5.74) is 12.8. The Hall–Kier alpha value is -5.80. The molecule has 6 aromatic carbocycles. The van der Waals surface area contributed by atoms with Crippen LogP contribution in [0.15, 0.2) is 158 Å². The van der Waals surface area contributed by atoms with Crippen molar-refractivity contribution in [2.24, 2.45) is 0 Å². The summed E-state index contributed by atoms with van der Waals surface area (Å²) in [5, 5.41) is 2.36. The first-order chi connectivity index (χ1) is 21.8. The van der Waals surface area contributed by atoms with E-state index in [0.29, 0.717) is 6.61 Å². The lowest BCUT2D eigenvalue weighted by molar-refractivity contribution is 0.306. The molecule has 2 heterocycles. The molecule has 0 aliphatic carbocycles. The van der Waals surface area contributed by atoms with Crippen molar-refractivity contribution in [2.45, 2.75) is 6.61 Å². The Morgan fingerprint density at radius 1 is 0.455 bits per heavy atom. The third-order valence-electron chi connectivity index (χ3n) is 8.29. The van der Waals surface area contributed by atoms with E-state index in [-0.39, 0.29) is 0 Å². The van der Waals surface area contributed by atoms with Gasteiger partial charge < -0.3 is 14.7 Å². The van der Waals surface area contributed by atoms with E-state index in [1.165, 1.54) is 33.2 Å². The highest BCUT2D eigenvalue weighted by atomic mass is 16.5. The van der Waals surface area contributed by atoms with Crippen molar-refractivity contribution in [3.63, 3.8) is 0 Å². The van der Waals surface area contributed by atoms with Crippen LogP contribution >= 0.6 is 0 Å². The predicted octanol–water partition coefficient (Wildman–Crippen LogP) is 10.9. The van der Waals surface area contributed by atoms with Crippen LogP contribution in [0.2, 0.25) is 0 Å². The van der Waals surface area contributed by atoms with Crippen molar-refractivity contribution in [2.75, 3.05) is 0 Å². The zero-order valence-electron chi connectivity index (χ0n) is 24.1. The minimum atomic E-state index is 0.554. The Kier molecular flexibility index (Phi) is 6.54. The van der Waals surface area contributed by atoms with E-state index in [9.17, 15) is 0 Å². The second kappa shape index (κ2) is 11.1. The maximum Gasteiger partial charge on any atom is 0.120 e. The summed E-state index contributed by atoms with van der Waals surface area (Å²) < 4.78 is 6.07. The Morgan fingerprint density at radius 2 is 1.16 bits per heavy atom. The fourth-order valence-corrected chi connectivity index (χ4v) is 6.06. The van der Waals surface area contributed by atoms with Crippen LogP contribution < -0.4 is 4.74 Å². The highest BCUT2D eigenvalue weighted by Gasteiger charge is 2.15. The molecule has 0 atom stereocenters. The molecule has 0 fully saturated rings. The lowest BCUT2D eigenvalue weighted by Crippen LogP contribution is -1.94. The number of H-pyrrole nitrogens is 2. The van der Waals surface area contributed by atoms with Crippen LogP contribution in [0.5, 0.6) is 5.75 Å². The van der Waals surface area contributed by atoms with Gasteiger partial charge in [0.15, 0.2) is 0 Å². The number of aromatic nitrogens is 2. The summed E-state index contributed by atoms with van der Waals surface area (Å²) in [6.07, 6.45) is 0. The van der Waals surface area contributed by atoms with Crippen molar-refractivity contribution >= 4 is 21.8 Å². The van der Waals surface area contributed by atoms with Crippen LogP contribution in [0.4, 0.5) is 0 Å². The summed E-state index contributed by atoms with van der Waals surface area (Å²) >= 11 is 0. The molecule has 44 heavy (non-hydrogen) atoms. The zero-order chi connectivity index (χ0) is 29.3. The van der Waals surface area contributed by atoms with Crippen molar-refractivity contribution in [3.8, 4) is 50.5 Å². The van der Waals surface area contributed by atoms with Gasteiger partial charge in [0.05, 0.1) is 5.69 Å². The van der Waals surface area contributed by atoms with Gasteiger partial charge >= 0.3 is 0 Å². The van der Waals surface area contributed by atoms with Crippen molar-refractivity contribution in [1.29, 1.82) is 0 Å². The van der Waals surface area contributed by atoms with Gasteiger partial charge in [0.25, 0.3) is 0 Å². The molecule has 0 aliphatic heterocycles. The molecule has 0 aliphatic rings. The number of aromatic amines is 2. The predicted molar refractivity (Wildman–Crippen MR) is 183 cm³/mol. The number of hydrogen-bond donors (Lipinski definition) is 2. The zero-order valence-corrected chi connectivity index (χ0v) is 24.1. The number of fused-ring (bicyclic) bond motifs is 2. The van der Waals surface area contributed by atoms with Gasteiger partial charge in [0.1, 0.15) is 12.4 Å². The molecule has 0 saturated heterocycles. The first kappa shape index (κ1) is 25.9. The van der Waals surface area contributed by atoms with Gasteiger partial charge in [0.2, 0.25) is 0 Å².